The molecule has 1 N–H and O–H groups in total. The van der Waals surface area contributed by atoms with E-state index in [4.69, 9.17) is 14.2 Å². The fraction of sp³-hybridized carbons (Fsp3) is 0.355. The Morgan fingerprint density at radius 3 is 2.24 bits per heavy atom. The van der Waals surface area contributed by atoms with Crippen molar-refractivity contribution in [3.8, 4) is 17.2 Å². The third-order valence-electron chi connectivity index (χ3n) is 6.79. The molecule has 4 rings (SSSR count). The number of nitrogens with one attached hydrogen (secondary N) is 1. The van der Waals surface area contributed by atoms with E-state index in [1.165, 1.54) is 17.0 Å². The third kappa shape index (κ3) is 7.33. The van der Waals surface area contributed by atoms with E-state index >= 15 is 0 Å². The van der Waals surface area contributed by atoms with Gasteiger partial charge in [-0.3, -0.25) is 13.9 Å². The number of ether oxygens (including phenoxy) is 3. The van der Waals surface area contributed by atoms with Crippen LogP contribution in [0.3, 0.4) is 0 Å². The Kier molecular flexibility index (Phi) is 9.95. The lowest BCUT2D eigenvalue weighted by Crippen LogP contribution is -2.51. The monoisotopic (exact) mass is 595 g/mol. The van der Waals surface area contributed by atoms with Gasteiger partial charge in [-0.1, -0.05) is 44.2 Å². The minimum atomic E-state index is -4.19. The van der Waals surface area contributed by atoms with Crippen LogP contribution < -0.4 is 23.8 Å². The van der Waals surface area contributed by atoms with Crippen molar-refractivity contribution in [1.29, 1.82) is 0 Å². The standard InChI is InChI=1S/C31H37N3O7S/c1-22(2)19-32-31(36)23(3)33(20-24-10-13-26(39-4)14-11-24)30(35)21-34(42(37,38)27-8-6-5-7-9-27)25-12-15-28-29(18-25)41-17-16-40-28/h5-15,18,22-23H,16-17,19-21H2,1-4H3,(H,32,36). The molecule has 0 bridgehead atoms. The number of sulfonamides is 1. The van der Waals surface area contributed by atoms with Crippen molar-refractivity contribution in [2.24, 2.45) is 5.92 Å². The molecular formula is C31H37N3O7S. The van der Waals surface area contributed by atoms with Gasteiger partial charge in [0.15, 0.2) is 11.5 Å². The molecule has 11 heteroatoms. The van der Waals surface area contributed by atoms with Crippen LogP contribution in [0.15, 0.2) is 77.7 Å². The van der Waals surface area contributed by atoms with E-state index in [1.54, 1.807) is 74.7 Å². The molecular weight excluding hydrogens is 558 g/mol. The largest absolute Gasteiger partial charge is 0.497 e. The average Bonchev–Trinajstić information content (AvgIpc) is 3.01. The summed E-state index contributed by atoms with van der Waals surface area (Å²) in [6.45, 7) is 6.27. The topological polar surface area (TPSA) is 114 Å². The molecule has 0 spiro atoms. The normalized spacial score (nSPS) is 13.3. The zero-order valence-electron chi connectivity index (χ0n) is 24.3. The van der Waals surface area contributed by atoms with Gasteiger partial charge >= 0.3 is 0 Å². The van der Waals surface area contributed by atoms with Crippen LogP contribution in [0.4, 0.5) is 5.69 Å². The van der Waals surface area contributed by atoms with Gasteiger partial charge in [0.2, 0.25) is 11.8 Å². The molecule has 1 aliphatic rings. The predicted octanol–water partition coefficient (Wildman–Crippen LogP) is 3.85. The molecule has 1 heterocycles. The van der Waals surface area contributed by atoms with Crippen molar-refractivity contribution in [1.82, 2.24) is 10.2 Å². The maximum Gasteiger partial charge on any atom is 0.264 e. The summed E-state index contributed by atoms with van der Waals surface area (Å²) < 4.78 is 45.5. The van der Waals surface area contributed by atoms with Crippen LogP contribution in [-0.4, -0.2) is 64.6 Å². The van der Waals surface area contributed by atoms with Crippen LogP contribution >= 0.6 is 0 Å². The minimum Gasteiger partial charge on any atom is -0.497 e. The van der Waals surface area contributed by atoms with E-state index in [1.807, 2.05) is 13.8 Å². The molecule has 10 nitrogen and oxygen atoms in total. The zero-order chi connectivity index (χ0) is 30.3. The van der Waals surface area contributed by atoms with Gasteiger partial charge in [-0.25, -0.2) is 8.42 Å². The van der Waals surface area contributed by atoms with Crippen molar-refractivity contribution in [2.75, 3.05) is 37.7 Å². The summed E-state index contributed by atoms with van der Waals surface area (Å²) in [5.74, 6) is 0.863. The van der Waals surface area contributed by atoms with E-state index in [0.717, 1.165) is 9.87 Å². The lowest BCUT2D eigenvalue weighted by atomic mass is 10.1. The van der Waals surface area contributed by atoms with E-state index < -0.39 is 28.5 Å². The highest BCUT2D eigenvalue weighted by Gasteiger charge is 2.33. The van der Waals surface area contributed by atoms with E-state index in [2.05, 4.69) is 5.32 Å². The number of benzene rings is 3. The zero-order valence-corrected chi connectivity index (χ0v) is 25.1. The molecule has 0 fully saturated rings. The number of amides is 2. The molecule has 1 atom stereocenters. The summed E-state index contributed by atoms with van der Waals surface area (Å²) in [5.41, 5.74) is 0.988. The molecule has 0 aliphatic carbocycles. The first kappa shape index (κ1) is 30.7. The first-order valence-electron chi connectivity index (χ1n) is 13.8. The van der Waals surface area contributed by atoms with E-state index in [0.29, 0.717) is 37.0 Å². The Balaban J connectivity index is 1.71. The second kappa shape index (κ2) is 13.6. The Bertz CT molecular complexity index is 1480. The number of rotatable bonds is 12. The van der Waals surface area contributed by atoms with Crippen molar-refractivity contribution in [3.63, 3.8) is 0 Å². The molecule has 2 amide bonds. The van der Waals surface area contributed by atoms with Crippen molar-refractivity contribution in [3.05, 3.63) is 78.4 Å². The number of nitrogens with zero attached hydrogens (tertiary/aromatic N) is 2. The number of fused-ring (bicyclic) bond motifs is 1. The van der Waals surface area contributed by atoms with Gasteiger partial charge in [-0.2, -0.15) is 0 Å². The van der Waals surface area contributed by atoms with Crippen LogP contribution in [0.1, 0.15) is 26.3 Å². The molecule has 1 aliphatic heterocycles. The Labute approximate surface area is 247 Å². The summed E-state index contributed by atoms with van der Waals surface area (Å²) >= 11 is 0. The van der Waals surface area contributed by atoms with Gasteiger partial charge in [0, 0.05) is 19.2 Å². The first-order valence-corrected chi connectivity index (χ1v) is 15.2. The average molecular weight is 596 g/mol. The molecule has 42 heavy (non-hydrogen) atoms. The highest BCUT2D eigenvalue weighted by atomic mass is 32.2. The quantitative estimate of drug-likeness (QED) is 0.338. The third-order valence-corrected chi connectivity index (χ3v) is 8.58. The van der Waals surface area contributed by atoms with Gasteiger partial charge in [0.1, 0.15) is 31.5 Å². The number of carbonyl (C=O) groups excluding carboxylic acids is 2. The van der Waals surface area contributed by atoms with Gasteiger partial charge in [-0.05, 0) is 54.8 Å². The Morgan fingerprint density at radius 2 is 1.60 bits per heavy atom. The van der Waals surface area contributed by atoms with Crippen LogP contribution in [0, 0.1) is 5.92 Å². The fourth-order valence-corrected chi connectivity index (χ4v) is 5.83. The van der Waals surface area contributed by atoms with Crippen LogP contribution in [0.25, 0.3) is 0 Å². The smallest absolute Gasteiger partial charge is 0.264 e. The molecule has 3 aromatic carbocycles. The molecule has 0 saturated heterocycles. The number of hydrogen-bond donors (Lipinski definition) is 1. The first-order chi connectivity index (χ1) is 20.1. The number of carbonyl (C=O) groups is 2. The lowest BCUT2D eigenvalue weighted by Gasteiger charge is -2.32. The molecule has 0 radical (unpaired) electrons. The van der Waals surface area contributed by atoms with Gasteiger partial charge in [0.25, 0.3) is 10.0 Å². The predicted molar refractivity (Wildman–Crippen MR) is 159 cm³/mol. The van der Waals surface area contributed by atoms with Crippen molar-refractivity contribution < 1.29 is 32.2 Å². The van der Waals surface area contributed by atoms with Gasteiger partial charge in [-0.15, -0.1) is 0 Å². The number of hydrogen-bond acceptors (Lipinski definition) is 7. The SMILES string of the molecule is COc1ccc(CN(C(=O)CN(c2ccc3c(c2)OCCO3)S(=O)(=O)c2ccccc2)C(C)C(=O)NCC(C)C)cc1. The van der Waals surface area contributed by atoms with Crippen LogP contribution in [0.5, 0.6) is 17.2 Å². The summed E-state index contributed by atoms with van der Waals surface area (Å²) in [5, 5.41) is 2.88. The van der Waals surface area contributed by atoms with Crippen molar-refractivity contribution in [2.45, 2.75) is 38.3 Å². The highest BCUT2D eigenvalue weighted by Crippen LogP contribution is 2.36. The Hall–Kier alpha value is -4.25. The minimum absolute atomic E-state index is 0.0251. The summed E-state index contributed by atoms with van der Waals surface area (Å²) in [7, 11) is -2.63. The van der Waals surface area contributed by atoms with Crippen molar-refractivity contribution >= 4 is 27.5 Å². The molecule has 224 valence electrons. The second-order valence-corrected chi connectivity index (χ2v) is 12.2. The Morgan fingerprint density at radius 1 is 0.929 bits per heavy atom. The molecule has 1 unspecified atom stereocenters. The molecule has 0 saturated carbocycles. The summed E-state index contributed by atoms with van der Waals surface area (Å²) in [4.78, 5) is 28.6. The number of anilines is 1. The fourth-order valence-electron chi connectivity index (χ4n) is 4.40. The second-order valence-electron chi connectivity index (χ2n) is 10.3. The van der Waals surface area contributed by atoms with Gasteiger partial charge < -0.3 is 24.4 Å². The maximum atomic E-state index is 14.1. The van der Waals surface area contributed by atoms with Crippen LogP contribution in [0.2, 0.25) is 0 Å². The highest BCUT2D eigenvalue weighted by molar-refractivity contribution is 7.92. The molecule has 0 aromatic heterocycles. The maximum absolute atomic E-state index is 14.1. The molecule has 3 aromatic rings. The number of methoxy groups -OCH3 is 1. The lowest BCUT2D eigenvalue weighted by molar-refractivity contribution is -0.139. The van der Waals surface area contributed by atoms with E-state index in [-0.39, 0.29) is 29.0 Å². The van der Waals surface area contributed by atoms with Gasteiger partial charge in [0.05, 0.1) is 17.7 Å². The summed E-state index contributed by atoms with van der Waals surface area (Å²) in [6, 6.07) is 18.9. The summed E-state index contributed by atoms with van der Waals surface area (Å²) in [6.07, 6.45) is 0. The van der Waals surface area contributed by atoms with E-state index in [9.17, 15) is 18.0 Å². The van der Waals surface area contributed by atoms with Crippen LogP contribution in [-0.2, 0) is 26.2 Å².